The molecule has 0 radical (unpaired) electrons. The lowest BCUT2D eigenvalue weighted by Gasteiger charge is -2.32. The van der Waals surface area contributed by atoms with Crippen molar-refractivity contribution in [3.8, 4) is 0 Å². The predicted octanol–water partition coefficient (Wildman–Crippen LogP) is 1.08. The fraction of sp³-hybridized carbons (Fsp3) is 1.00. The van der Waals surface area contributed by atoms with Crippen LogP contribution >= 0.6 is 0 Å². The molecule has 2 N–H and O–H groups in total. The molecule has 0 heterocycles. The summed E-state index contributed by atoms with van der Waals surface area (Å²) in [6, 6.07) is 0.754. The second kappa shape index (κ2) is 6.52. The molecule has 2 saturated carbocycles. The Hall–Kier alpha value is -0.170. The SMILES string of the molecule is CC(NS(=O)(=O)N(C)CCCNC1CC1)C1CCC1. The van der Waals surface area contributed by atoms with Crippen LogP contribution in [0.5, 0.6) is 0 Å². The molecule has 0 aromatic rings. The minimum Gasteiger partial charge on any atom is -0.314 e. The molecule has 0 bridgehead atoms. The van der Waals surface area contributed by atoms with Crippen LogP contribution in [0.1, 0.15) is 45.4 Å². The van der Waals surface area contributed by atoms with E-state index in [1.54, 1.807) is 7.05 Å². The molecule has 0 amide bonds. The first-order valence-corrected chi connectivity index (χ1v) is 8.90. The van der Waals surface area contributed by atoms with Gasteiger partial charge in [0.05, 0.1) is 0 Å². The topological polar surface area (TPSA) is 61.4 Å². The maximum atomic E-state index is 12.1. The highest BCUT2D eigenvalue weighted by molar-refractivity contribution is 7.87. The lowest BCUT2D eigenvalue weighted by atomic mass is 9.81. The zero-order valence-corrected chi connectivity index (χ0v) is 12.9. The zero-order valence-electron chi connectivity index (χ0n) is 12.1. The standard InChI is InChI=1S/C13H27N3O2S/c1-11(12-5-3-6-12)15-19(17,18)16(2)10-4-9-14-13-7-8-13/h11-15H,3-10H2,1-2H3. The summed E-state index contributed by atoms with van der Waals surface area (Å²) in [6.45, 7) is 3.46. The first kappa shape index (κ1) is 15.2. The lowest BCUT2D eigenvalue weighted by Crippen LogP contribution is -2.47. The Morgan fingerprint density at radius 3 is 2.47 bits per heavy atom. The van der Waals surface area contributed by atoms with Crippen molar-refractivity contribution in [2.24, 2.45) is 5.92 Å². The summed E-state index contributed by atoms with van der Waals surface area (Å²) in [7, 11) is -1.65. The van der Waals surface area contributed by atoms with Gasteiger partial charge in [-0.2, -0.15) is 17.4 Å². The summed E-state index contributed by atoms with van der Waals surface area (Å²) in [5.41, 5.74) is 0. The van der Waals surface area contributed by atoms with E-state index in [-0.39, 0.29) is 6.04 Å². The van der Waals surface area contributed by atoms with Crippen molar-refractivity contribution in [2.75, 3.05) is 20.1 Å². The Kier molecular flexibility index (Phi) is 5.22. The van der Waals surface area contributed by atoms with Crippen LogP contribution < -0.4 is 10.0 Å². The van der Waals surface area contributed by atoms with Gasteiger partial charge in [-0.05, 0) is 51.5 Å². The van der Waals surface area contributed by atoms with Crippen LogP contribution in [-0.4, -0.2) is 44.9 Å². The highest BCUT2D eigenvalue weighted by Gasteiger charge is 2.28. The average Bonchev–Trinajstić information content (AvgIpc) is 3.04. The van der Waals surface area contributed by atoms with E-state index < -0.39 is 10.2 Å². The Morgan fingerprint density at radius 1 is 1.26 bits per heavy atom. The quantitative estimate of drug-likeness (QED) is 0.625. The van der Waals surface area contributed by atoms with Crippen molar-refractivity contribution in [1.82, 2.24) is 14.3 Å². The van der Waals surface area contributed by atoms with E-state index in [0.29, 0.717) is 18.5 Å². The molecule has 2 aliphatic carbocycles. The maximum Gasteiger partial charge on any atom is 0.279 e. The van der Waals surface area contributed by atoms with Gasteiger partial charge in [-0.1, -0.05) is 6.42 Å². The van der Waals surface area contributed by atoms with Crippen molar-refractivity contribution in [3.63, 3.8) is 0 Å². The lowest BCUT2D eigenvalue weighted by molar-refractivity contribution is 0.257. The molecule has 1 atom stereocenters. The zero-order chi connectivity index (χ0) is 13.9. The minimum atomic E-state index is -3.31. The van der Waals surface area contributed by atoms with Crippen molar-refractivity contribution in [2.45, 2.75) is 57.5 Å². The monoisotopic (exact) mass is 289 g/mol. The summed E-state index contributed by atoms with van der Waals surface area (Å²) in [4.78, 5) is 0. The summed E-state index contributed by atoms with van der Waals surface area (Å²) in [5, 5.41) is 3.40. The fourth-order valence-electron chi connectivity index (χ4n) is 2.38. The van der Waals surface area contributed by atoms with Gasteiger partial charge < -0.3 is 5.32 Å². The van der Waals surface area contributed by atoms with Crippen LogP contribution in [-0.2, 0) is 10.2 Å². The van der Waals surface area contributed by atoms with Gasteiger partial charge in [-0.25, -0.2) is 0 Å². The molecule has 0 aromatic heterocycles. The van der Waals surface area contributed by atoms with Crippen molar-refractivity contribution in [1.29, 1.82) is 0 Å². The highest BCUT2D eigenvalue weighted by atomic mass is 32.2. The van der Waals surface area contributed by atoms with Crippen molar-refractivity contribution >= 4 is 10.2 Å². The molecule has 6 heteroatoms. The van der Waals surface area contributed by atoms with Gasteiger partial charge >= 0.3 is 0 Å². The van der Waals surface area contributed by atoms with Gasteiger partial charge in [0.15, 0.2) is 0 Å². The van der Waals surface area contributed by atoms with Crippen LogP contribution in [0, 0.1) is 5.92 Å². The molecule has 2 fully saturated rings. The van der Waals surface area contributed by atoms with Crippen LogP contribution in [0.15, 0.2) is 0 Å². The molecule has 112 valence electrons. The van der Waals surface area contributed by atoms with Gasteiger partial charge in [-0.15, -0.1) is 0 Å². The summed E-state index contributed by atoms with van der Waals surface area (Å²) in [6.07, 6.45) is 6.95. The smallest absolute Gasteiger partial charge is 0.279 e. The van der Waals surface area contributed by atoms with E-state index in [2.05, 4.69) is 10.0 Å². The highest BCUT2D eigenvalue weighted by Crippen LogP contribution is 2.29. The Labute approximate surface area is 117 Å². The Bertz CT molecular complexity index is 377. The molecule has 0 aliphatic heterocycles. The molecule has 1 unspecified atom stereocenters. The van der Waals surface area contributed by atoms with Crippen LogP contribution in [0.2, 0.25) is 0 Å². The van der Waals surface area contributed by atoms with E-state index in [1.807, 2.05) is 6.92 Å². The number of nitrogens with zero attached hydrogens (tertiary/aromatic N) is 1. The Morgan fingerprint density at radius 2 is 1.95 bits per heavy atom. The largest absolute Gasteiger partial charge is 0.314 e. The van der Waals surface area contributed by atoms with E-state index >= 15 is 0 Å². The molecule has 0 aromatic carbocycles. The van der Waals surface area contributed by atoms with E-state index in [4.69, 9.17) is 0 Å². The first-order valence-electron chi connectivity index (χ1n) is 7.46. The van der Waals surface area contributed by atoms with Crippen LogP contribution in [0.4, 0.5) is 0 Å². The average molecular weight is 289 g/mol. The van der Waals surface area contributed by atoms with Gasteiger partial charge in [0, 0.05) is 25.7 Å². The predicted molar refractivity (Wildman–Crippen MR) is 77.1 cm³/mol. The number of hydrogen-bond acceptors (Lipinski definition) is 3. The molecule has 2 rings (SSSR count). The molecular weight excluding hydrogens is 262 g/mol. The molecule has 0 spiro atoms. The number of rotatable bonds is 9. The fourth-order valence-corrected chi connectivity index (χ4v) is 3.59. The van der Waals surface area contributed by atoms with E-state index in [1.165, 1.54) is 23.6 Å². The third kappa shape index (κ3) is 4.70. The summed E-state index contributed by atoms with van der Waals surface area (Å²) in [5.74, 6) is 0.528. The minimum absolute atomic E-state index is 0.0609. The van der Waals surface area contributed by atoms with Crippen molar-refractivity contribution in [3.05, 3.63) is 0 Å². The summed E-state index contributed by atoms with van der Waals surface area (Å²) >= 11 is 0. The number of nitrogens with one attached hydrogen (secondary N) is 2. The van der Waals surface area contributed by atoms with E-state index in [9.17, 15) is 8.42 Å². The third-order valence-corrected chi connectivity index (χ3v) is 5.94. The summed E-state index contributed by atoms with van der Waals surface area (Å²) < 4.78 is 28.5. The normalized spacial score (nSPS) is 22.5. The molecule has 5 nitrogen and oxygen atoms in total. The third-order valence-electron chi connectivity index (χ3n) is 4.26. The second-order valence-corrected chi connectivity index (χ2v) is 7.82. The van der Waals surface area contributed by atoms with Gasteiger partial charge in [0.25, 0.3) is 10.2 Å². The Balaban J connectivity index is 1.67. The van der Waals surface area contributed by atoms with Crippen LogP contribution in [0.3, 0.4) is 0 Å². The molecule has 2 aliphatic rings. The van der Waals surface area contributed by atoms with E-state index in [0.717, 1.165) is 25.8 Å². The second-order valence-electron chi connectivity index (χ2n) is 6.01. The molecule has 0 saturated heterocycles. The maximum absolute atomic E-state index is 12.1. The van der Waals surface area contributed by atoms with Gasteiger partial charge in [-0.3, -0.25) is 0 Å². The van der Waals surface area contributed by atoms with Crippen LogP contribution in [0.25, 0.3) is 0 Å². The van der Waals surface area contributed by atoms with Gasteiger partial charge in [0.1, 0.15) is 0 Å². The van der Waals surface area contributed by atoms with Gasteiger partial charge in [0.2, 0.25) is 0 Å². The molecule has 19 heavy (non-hydrogen) atoms. The number of hydrogen-bond donors (Lipinski definition) is 2. The first-order chi connectivity index (χ1) is 8.99. The van der Waals surface area contributed by atoms with Crippen molar-refractivity contribution < 1.29 is 8.42 Å². The molecular formula is C13H27N3O2S.